The van der Waals surface area contributed by atoms with Crippen LogP contribution in [0.4, 0.5) is 4.79 Å². The van der Waals surface area contributed by atoms with Crippen LogP contribution in [0.15, 0.2) is 16.5 Å². The van der Waals surface area contributed by atoms with Crippen molar-refractivity contribution in [2.24, 2.45) is 5.41 Å². The molecule has 6 heteroatoms. The highest BCUT2D eigenvalue weighted by Gasteiger charge is 2.30. The Balaban J connectivity index is 2.53. The number of furan rings is 1. The van der Waals surface area contributed by atoms with Crippen LogP contribution in [-0.2, 0) is 5.60 Å². The zero-order valence-electron chi connectivity index (χ0n) is 15.4. The fourth-order valence-electron chi connectivity index (χ4n) is 2.46. The molecule has 132 valence electrons. The van der Waals surface area contributed by atoms with E-state index >= 15 is 0 Å². The molecule has 1 heterocycles. The number of hydrogen-bond donors (Lipinski definition) is 3. The Kier molecular flexibility index (Phi) is 6.25. The molecule has 1 aromatic rings. The molecule has 0 aliphatic rings. The van der Waals surface area contributed by atoms with Crippen LogP contribution in [0.2, 0.25) is 0 Å². The molecule has 6 nitrogen and oxygen atoms in total. The molecule has 0 aliphatic heterocycles. The first-order valence-electron chi connectivity index (χ1n) is 7.92. The molecule has 0 spiro atoms. The maximum atomic E-state index is 12.1. The summed E-state index contributed by atoms with van der Waals surface area (Å²) in [6, 6.07) is 3.20. The van der Waals surface area contributed by atoms with Crippen molar-refractivity contribution in [2.45, 2.75) is 46.3 Å². The molecule has 0 aliphatic carbocycles. The molecule has 0 radical (unpaired) electrons. The molecule has 1 rings (SSSR count). The first-order valence-corrected chi connectivity index (χ1v) is 7.92. The highest BCUT2D eigenvalue weighted by atomic mass is 16.4. The lowest BCUT2D eigenvalue weighted by atomic mass is 9.85. The van der Waals surface area contributed by atoms with Crippen LogP contribution in [0.5, 0.6) is 0 Å². The van der Waals surface area contributed by atoms with Gasteiger partial charge >= 0.3 is 6.03 Å². The van der Waals surface area contributed by atoms with Gasteiger partial charge < -0.3 is 25.1 Å². The number of rotatable bonds is 7. The van der Waals surface area contributed by atoms with Crippen LogP contribution in [0.3, 0.4) is 0 Å². The number of nitrogens with zero attached hydrogens (tertiary/aromatic N) is 1. The molecule has 0 bridgehead atoms. The van der Waals surface area contributed by atoms with E-state index in [-0.39, 0.29) is 24.0 Å². The molecule has 0 saturated heterocycles. The van der Waals surface area contributed by atoms with Crippen molar-refractivity contribution in [3.63, 3.8) is 0 Å². The minimum Gasteiger partial charge on any atom is -0.463 e. The van der Waals surface area contributed by atoms with Crippen LogP contribution in [0.25, 0.3) is 0 Å². The van der Waals surface area contributed by atoms with E-state index in [1.807, 2.05) is 27.9 Å². The summed E-state index contributed by atoms with van der Waals surface area (Å²) in [7, 11) is 4.02. The van der Waals surface area contributed by atoms with Crippen molar-refractivity contribution in [1.29, 1.82) is 0 Å². The van der Waals surface area contributed by atoms with Gasteiger partial charge in [-0.15, -0.1) is 0 Å². The van der Waals surface area contributed by atoms with Gasteiger partial charge in [0.1, 0.15) is 17.1 Å². The van der Waals surface area contributed by atoms with Crippen molar-refractivity contribution in [1.82, 2.24) is 15.5 Å². The second-order valence-electron chi connectivity index (χ2n) is 7.46. The number of aryl methyl sites for hydroxylation is 1. The predicted molar refractivity (Wildman–Crippen MR) is 91.3 cm³/mol. The summed E-state index contributed by atoms with van der Waals surface area (Å²) in [4.78, 5) is 14.2. The largest absolute Gasteiger partial charge is 0.463 e. The number of hydrogen-bond acceptors (Lipinski definition) is 4. The normalized spacial score (nSPS) is 16.0. The van der Waals surface area contributed by atoms with E-state index in [9.17, 15) is 9.90 Å². The molecule has 0 aromatic carbocycles. The third-order valence-electron chi connectivity index (χ3n) is 4.11. The molecule has 2 unspecified atom stereocenters. The average molecular weight is 325 g/mol. The first-order chi connectivity index (χ1) is 10.4. The third kappa shape index (κ3) is 5.88. The maximum absolute atomic E-state index is 12.1. The highest BCUT2D eigenvalue weighted by molar-refractivity contribution is 5.74. The highest BCUT2D eigenvalue weighted by Crippen LogP contribution is 2.23. The van der Waals surface area contributed by atoms with E-state index in [4.69, 9.17) is 4.42 Å². The number of carbonyl (C=O) groups is 1. The first kappa shape index (κ1) is 19.5. The van der Waals surface area contributed by atoms with Gasteiger partial charge in [-0.1, -0.05) is 13.8 Å². The zero-order chi connectivity index (χ0) is 17.8. The Labute approximate surface area is 139 Å². The Morgan fingerprint density at radius 1 is 1.35 bits per heavy atom. The van der Waals surface area contributed by atoms with E-state index in [0.717, 1.165) is 12.3 Å². The molecule has 0 fully saturated rings. The smallest absolute Gasteiger partial charge is 0.315 e. The lowest BCUT2D eigenvalue weighted by Gasteiger charge is -2.35. The van der Waals surface area contributed by atoms with Gasteiger partial charge in [-0.05, 0) is 52.4 Å². The average Bonchev–Trinajstić information content (AvgIpc) is 2.82. The SMILES string of the molecule is Cc1ccc(C(C)(O)CNC(=O)NC(C)C(C)(C)CN(C)C)o1. The Morgan fingerprint density at radius 2 is 1.96 bits per heavy atom. The summed E-state index contributed by atoms with van der Waals surface area (Å²) in [6.07, 6.45) is 0. The van der Waals surface area contributed by atoms with E-state index in [0.29, 0.717) is 5.76 Å². The van der Waals surface area contributed by atoms with Crippen molar-refractivity contribution < 1.29 is 14.3 Å². The summed E-state index contributed by atoms with van der Waals surface area (Å²) in [5.74, 6) is 1.17. The van der Waals surface area contributed by atoms with E-state index in [1.165, 1.54) is 0 Å². The number of carbonyl (C=O) groups excluding carboxylic acids is 1. The summed E-state index contributed by atoms with van der Waals surface area (Å²) in [5.41, 5.74) is -1.31. The van der Waals surface area contributed by atoms with Gasteiger partial charge in [0.2, 0.25) is 0 Å². The van der Waals surface area contributed by atoms with Gasteiger partial charge in [0.15, 0.2) is 0 Å². The topological polar surface area (TPSA) is 77.7 Å². The van der Waals surface area contributed by atoms with E-state index < -0.39 is 5.60 Å². The molecule has 2 atom stereocenters. The molecule has 2 amide bonds. The van der Waals surface area contributed by atoms with Gasteiger partial charge in [0, 0.05) is 12.6 Å². The monoisotopic (exact) mass is 325 g/mol. The van der Waals surface area contributed by atoms with Crippen LogP contribution >= 0.6 is 0 Å². The number of nitrogens with one attached hydrogen (secondary N) is 2. The quantitative estimate of drug-likeness (QED) is 0.717. The van der Waals surface area contributed by atoms with Crippen LogP contribution < -0.4 is 10.6 Å². The second-order valence-corrected chi connectivity index (χ2v) is 7.46. The number of urea groups is 1. The Bertz CT molecular complexity index is 521. The third-order valence-corrected chi connectivity index (χ3v) is 4.11. The summed E-state index contributed by atoms with van der Waals surface area (Å²) in [5, 5.41) is 16.1. The van der Waals surface area contributed by atoms with Gasteiger partial charge in [-0.2, -0.15) is 0 Å². The standard InChI is InChI=1S/C17H31N3O3/c1-12-8-9-14(23-12)17(5,22)10-18-15(21)19-13(2)16(3,4)11-20(6)7/h8-9,13,22H,10-11H2,1-7H3,(H2,18,19,21). The molecule has 0 saturated carbocycles. The van der Waals surface area contributed by atoms with Crippen LogP contribution in [0, 0.1) is 12.3 Å². The van der Waals surface area contributed by atoms with Gasteiger partial charge in [-0.3, -0.25) is 0 Å². The molecule has 23 heavy (non-hydrogen) atoms. The molecular formula is C17H31N3O3. The molecular weight excluding hydrogens is 294 g/mol. The minimum absolute atomic E-state index is 0.0132. The van der Waals surface area contributed by atoms with Gasteiger partial charge in [-0.25, -0.2) is 4.79 Å². The molecule has 3 N–H and O–H groups in total. The van der Waals surface area contributed by atoms with Crippen LogP contribution in [-0.4, -0.2) is 49.3 Å². The lowest BCUT2D eigenvalue weighted by Crippen LogP contribution is -2.52. The van der Waals surface area contributed by atoms with Crippen molar-refractivity contribution >= 4 is 6.03 Å². The van der Waals surface area contributed by atoms with Gasteiger partial charge in [0.25, 0.3) is 0 Å². The van der Waals surface area contributed by atoms with Crippen molar-refractivity contribution in [3.05, 3.63) is 23.7 Å². The Morgan fingerprint density at radius 3 is 2.43 bits per heavy atom. The predicted octanol–water partition coefficient (Wildman–Crippen LogP) is 2.07. The van der Waals surface area contributed by atoms with E-state index in [2.05, 4.69) is 29.4 Å². The summed E-state index contributed by atoms with van der Waals surface area (Å²) in [6.45, 7) is 10.6. The van der Waals surface area contributed by atoms with Crippen molar-refractivity contribution in [2.75, 3.05) is 27.2 Å². The fourth-order valence-corrected chi connectivity index (χ4v) is 2.46. The van der Waals surface area contributed by atoms with Crippen molar-refractivity contribution in [3.8, 4) is 0 Å². The van der Waals surface area contributed by atoms with E-state index in [1.54, 1.807) is 19.1 Å². The minimum atomic E-state index is -1.24. The lowest BCUT2D eigenvalue weighted by molar-refractivity contribution is 0.0357. The summed E-state index contributed by atoms with van der Waals surface area (Å²) >= 11 is 0. The fraction of sp³-hybridized carbons (Fsp3) is 0.706. The molecule has 1 aromatic heterocycles. The maximum Gasteiger partial charge on any atom is 0.315 e. The number of aliphatic hydroxyl groups is 1. The van der Waals surface area contributed by atoms with Gasteiger partial charge in [0.05, 0.1) is 6.54 Å². The zero-order valence-corrected chi connectivity index (χ0v) is 15.4. The number of amides is 2. The van der Waals surface area contributed by atoms with Crippen LogP contribution in [0.1, 0.15) is 39.2 Å². The summed E-state index contributed by atoms with van der Waals surface area (Å²) < 4.78 is 5.43. The Hall–Kier alpha value is -1.53. The second kappa shape index (κ2) is 7.36.